The molecule has 0 bridgehead atoms. The number of hydrogen-bond donors (Lipinski definition) is 3. The summed E-state index contributed by atoms with van der Waals surface area (Å²) in [5.41, 5.74) is 1.20. The molecule has 4 aromatic carbocycles. The molecule has 3 N–H and O–H groups in total. The highest BCUT2D eigenvalue weighted by molar-refractivity contribution is 7.91. The number of carbonyl (C=O) groups is 1. The molecular weight excluding hydrogens is 564 g/mol. The lowest BCUT2D eigenvalue weighted by molar-refractivity contribution is -0.384. The van der Waals surface area contributed by atoms with Gasteiger partial charge in [-0.25, -0.2) is 17.9 Å². The van der Waals surface area contributed by atoms with Gasteiger partial charge in [0.05, 0.1) is 4.92 Å². The van der Waals surface area contributed by atoms with Crippen molar-refractivity contribution in [2.45, 2.75) is 4.21 Å². The number of hydrogen-bond acceptors (Lipinski definition) is 7. The predicted molar refractivity (Wildman–Crippen MR) is 159 cm³/mol. The van der Waals surface area contributed by atoms with Gasteiger partial charge >= 0.3 is 6.03 Å². The molecular formula is C29H24N4O6S2. The van der Waals surface area contributed by atoms with Gasteiger partial charge in [-0.2, -0.15) is 0 Å². The third-order valence-electron chi connectivity index (χ3n) is 6.04. The number of fused-ring (bicyclic) bond motifs is 1. The SMILES string of the molecule is O=C(NCCNS(=O)(=O)c1sccc1-c1ccccc1Oc1cccc2ccccc12)Nc1cccc([N+](=O)[O-])c1. The highest BCUT2D eigenvalue weighted by Gasteiger charge is 2.23. The van der Waals surface area contributed by atoms with Crippen LogP contribution in [0.25, 0.3) is 21.9 Å². The van der Waals surface area contributed by atoms with Crippen molar-refractivity contribution in [1.82, 2.24) is 10.0 Å². The first-order chi connectivity index (χ1) is 19.8. The lowest BCUT2D eigenvalue weighted by Crippen LogP contribution is -2.36. The number of nitro benzene ring substituents is 1. The lowest BCUT2D eigenvalue weighted by atomic mass is 10.1. The molecule has 2 amide bonds. The van der Waals surface area contributed by atoms with Crippen molar-refractivity contribution in [2.24, 2.45) is 0 Å². The van der Waals surface area contributed by atoms with Crippen LogP contribution in [-0.4, -0.2) is 32.5 Å². The van der Waals surface area contributed by atoms with Crippen LogP contribution in [0.5, 0.6) is 11.5 Å². The quantitative estimate of drug-likeness (QED) is 0.0984. The minimum Gasteiger partial charge on any atom is -0.456 e. The Kier molecular flexibility index (Phi) is 8.24. The Morgan fingerprint density at radius 3 is 2.44 bits per heavy atom. The molecule has 0 aliphatic rings. The average Bonchev–Trinajstić information content (AvgIpc) is 3.47. The summed E-state index contributed by atoms with van der Waals surface area (Å²) in [6.07, 6.45) is 0. The molecule has 1 heterocycles. The number of anilines is 1. The third kappa shape index (κ3) is 6.52. The summed E-state index contributed by atoms with van der Waals surface area (Å²) >= 11 is 1.08. The van der Waals surface area contributed by atoms with E-state index < -0.39 is 21.0 Å². The van der Waals surface area contributed by atoms with Crippen LogP contribution >= 0.6 is 11.3 Å². The Balaban J connectivity index is 1.26. The van der Waals surface area contributed by atoms with E-state index in [2.05, 4.69) is 15.4 Å². The van der Waals surface area contributed by atoms with Crippen molar-refractivity contribution in [2.75, 3.05) is 18.4 Å². The number of thiophene rings is 1. The summed E-state index contributed by atoms with van der Waals surface area (Å²) in [5, 5.41) is 19.6. The van der Waals surface area contributed by atoms with E-state index in [4.69, 9.17) is 4.74 Å². The van der Waals surface area contributed by atoms with E-state index in [9.17, 15) is 23.3 Å². The minimum absolute atomic E-state index is 0.0124. The second-order valence-electron chi connectivity index (χ2n) is 8.78. The van der Waals surface area contributed by atoms with Gasteiger partial charge in [-0.15, -0.1) is 11.3 Å². The van der Waals surface area contributed by atoms with Crippen molar-refractivity contribution in [3.63, 3.8) is 0 Å². The molecule has 0 spiro atoms. The van der Waals surface area contributed by atoms with E-state index in [-0.39, 0.29) is 28.7 Å². The van der Waals surface area contributed by atoms with Gasteiger partial charge in [0.25, 0.3) is 15.7 Å². The number of carbonyl (C=O) groups excluding carboxylic acids is 1. The molecule has 41 heavy (non-hydrogen) atoms. The molecule has 5 aromatic rings. The molecule has 12 heteroatoms. The number of para-hydroxylation sites is 1. The maximum absolute atomic E-state index is 13.2. The van der Waals surface area contributed by atoms with Crippen LogP contribution in [0.1, 0.15) is 0 Å². The Hall–Kier alpha value is -4.78. The number of amides is 2. The van der Waals surface area contributed by atoms with E-state index >= 15 is 0 Å². The molecule has 0 saturated carbocycles. The van der Waals surface area contributed by atoms with Gasteiger partial charge in [0.2, 0.25) is 0 Å². The zero-order chi connectivity index (χ0) is 28.8. The van der Waals surface area contributed by atoms with E-state index in [1.165, 1.54) is 24.3 Å². The molecule has 0 fully saturated rings. The Morgan fingerprint density at radius 2 is 1.59 bits per heavy atom. The fraction of sp³-hybridized carbons (Fsp3) is 0.0690. The number of nitro groups is 1. The molecule has 208 valence electrons. The molecule has 0 saturated heterocycles. The van der Waals surface area contributed by atoms with E-state index in [0.29, 0.717) is 22.6 Å². The van der Waals surface area contributed by atoms with E-state index in [0.717, 1.165) is 22.1 Å². The monoisotopic (exact) mass is 588 g/mol. The van der Waals surface area contributed by atoms with Crippen LogP contribution in [-0.2, 0) is 10.0 Å². The highest BCUT2D eigenvalue weighted by Crippen LogP contribution is 2.40. The summed E-state index contributed by atoms with van der Waals surface area (Å²) in [7, 11) is -3.93. The molecule has 0 radical (unpaired) electrons. The standard InChI is InChI=1S/C29H24N4O6S2/c34-29(32-21-9-6-10-22(19-21)33(35)36)30-16-17-31-41(37,38)28-25(15-18-40-28)24-12-3-4-13-27(24)39-26-14-5-8-20-7-1-2-11-23(20)26/h1-15,18-19,31H,16-17H2,(H2,30,32,34). The second-order valence-corrected chi connectivity index (χ2v) is 11.7. The van der Waals surface area contributed by atoms with Crippen LogP contribution in [0.3, 0.4) is 0 Å². The Morgan fingerprint density at radius 1 is 0.854 bits per heavy atom. The van der Waals surface area contributed by atoms with Crippen LogP contribution in [0.2, 0.25) is 0 Å². The number of rotatable bonds is 10. The van der Waals surface area contributed by atoms with Crippen molar-refractivity contribution < 1.29 is 22.9 Å². The summed E-state index contributed by atoms with van der Waals surface area (Å²) in [5.74, 6) is 1.17. The number of urea groups is 1. The fourth-order valence-corrected chi connectivity index (χ4v) is 6.64. The van der Waals surface area contributed by atoms with Gasteiger partial charge in [0, 0.05) is 47.4 Å². The average molecular weight is 589 g/mol. The predicted octanol–water partition coefficient (Wildman–Crippen LogP) is 6.37. The van der Waals surface area contributed by atoms with Crippen molar-refractivity contribution in [3.05, 3.63) is 113 Å². The number of ether oxygens (including phenoxy) is 1. The third-order valence-corrected chi connectivity index (χ3v) is 8.98. The normalized spacial score (nSPS) is 11.2. The van der Waals surface area contributed by atoms with Crippen LogP contribution in [0.4, 0.5) is 16.2 Å². The molecule has 1 aromatic heterocycles. The van der Waals surface area contributed by atoms with Crippen LogP contribution in [0, 0.1) is 10.1 Å². The summed E-state index contributed by atoms with van der Waals surface area (Å²) in [4.78, 5) is 22.5. The van der Waals surface area contributed by atoms with Gasteiger partial charge in [0.1, 0.15) is 15.7 Å². The summed E-state index contributed by atoms with van der Waals surface area (Å²) < 4.78 is 35.4. The van der Waals surface area contributed by atoms with Crippen molar-refractivity contribution in [1.29, 1.82) is 0 Å². The Labute approximate surface area is 239 Å². The van der Waals surface area contributed by atoms with Crippen molar-refractivity contribution >= 4 is 49.5 Å². The van der Waals surface area contributed by atoms with Crippen molar-refractivity contribution in [3.8, 4) is 22.6 Å². The molecule has 0 unspecified atom stereocenters. The van der Waals surface area contributed by atoms with Crippen LogP contribution < -0.4 is 20.1 Å². The first-order valence-electron chi connectivity index (χ1n) is 12.4. The summed E-state index contributed by atoms with van der Waals surface area (Å²) in [6.45, 7) is -0.0857. The zero-order valence-corrected chi connectivity index (χ0v) is 23.1. The second kappa shape index (κ2) is 12.2. The number of nitrogens with one attached hydrogen (secondary N) is 3. The lowest BCUT2D eigenvalue weighted by Gasteiger charge is -2.14. The maximum atomic E-state index is 13.2. The van der Waals surface area contributed by atoms with Gasteiger partial charge in [0.15, 0.2) is 0 Å². The molecule has 0 aliphatic heterocycles. The molecule has 0 atom stereocenters. The molecule has 0 aliphatic carbocycles. The van der Waals surface area contributed by atoms with Gasteiger partial charge < -0.3 is 15.4 Å². The number of benzene rings is 4. The first-order valence-corrected chi connectivity index (χ1v) is 14.8. The minimum atomic E-state index is -3.93. The highest BCUT2D eigenvalue weighted by atomic mass is 32.2. The van der Waals surface area contributed by atoms with Gasteiger partial charge in [-0.3, -0.25) is 10.1 Å². The zero-order valence-electron chi connectivity index (χ0n) is 21.4. The van der Waals surface area contributed by atoms with Gasteiger partial charge in [-0.05, 0) is 35.0 Å². The van der Waals surface area contributed by atoms with Crippen LogP contribution in [0.15, 0.2) is 107 Å². The summed E-state index contributed by atoms with van der Waals surface area (Å²) in [6, 6.07) is 27.5. The van der Waals surface area contributed by atoms with E-state index in [1.807, 2.05) is 54.6 Å². The smallest absolute Gasteiger partial charge is 0.319 e. The first kappa shape index (κ1) is 27.8. The number of sulfonamides is 1. The fourth-order valence-electron chi connectivity index (χ4n) is 4.18. The molecule has 5 rings (SSSR count). The van der Waals surface area contributed by atoms with Gasteiger partial charge in [-0.1, -0.05) is 60.7 Å². The maximum Gasteiger partial charge on any atom is 0.319 e. The number of nitrogens with zero attached hydrogens (tertiary/aromatic N) is 1. The topological polar surface area (TPSA) is 140 Å². The number of non-ortho nitro benzene ring substituents is 1. The largest absolute Gasteiger partial charge is 0.456 e. The Bertz CT molecular complexity index is 1830. The van der Waals surface area contributed by atoms with E-state index in [1.54, 1.807) is 23.6 Å². The molecule has 10 nitrogen and oxygen atoms in total.